The molecule has 132 valence electrons. The van der Waals surface area contributed by atoms with E-state index in [0.29, 0.717) is 5.56 Å². The Kier molecular flexibility index (Phi) is 6.20. The molecule has 2 amide bonds. The van der Waals surface area contributed by atoms with Crippen LogP contribution in [0, 0.1) is 0 Å². The number of carbonyl (C=O) groups is 2. The molecule has 0 atom stereocenters. The largest absolute Gasteiger partial charge is 0.350 e. The van der Waals surface area contributed by atoms with Gasteiger partial charge < -0.3 is 10.2 Å². The number of hydrogen-bond donors (Lipinski definition) is 1. The summed E-state index contributed by atoms with van der Waals surface area (Å²) in [5.41, 5.74) is 0.238. The zero-order valence-electron chi connectivity index (χ0n) is 14.9. The summed E-state index contributed by atoms with van der Waals surface area (Å²) in [5, 5.41) is 3.75. The Bertz CT molecular complexity index is 725. The van der Waals surface area contributed by atoms with Gasteiger partial charge in [-0.25, -0.2) is 4.98 Å². The maximum atomic E-state index is 12.4. The van der Waals surface area contributed by atoms with E-state index in [1.165, 1.54) is 16.7 Å². The second-order valence-electron chi connectivity index (χ2n) is 6.75. The number of nitrogens with one attached hydrogen (secondary N) is 1. The van der Waals surface area contributed by atoms with Crippen LogP contribution in [0.5, 0.6) is 0 Å². The van der Waals surface area contributed by atoms with Crippen molar-refractivity contribution in [3.8, 4) is 0 Å². The van der Waals surface area contributed by atoms with Crippen LogP contribution in [0.1, 0.15) is 31.1 Å². The molecule has 0 aliphatic carbocycles. The molecule has 5 nitrogen and oxygen atoms in total. The van der Waals surface area contributed by atoms with Crippen molar-refractivity contribution in [2.45, 2.75) is 36.2 Å². The molecule has 0 aliphatic heterocycles. The smallest absolute Gasteiger partial charge is 0.254 e. The fourth-order valence-corrected chi connectivity index (χ4v) is 2.93. The summed E-state index contributed by atoms with van der Waals surface area (Å²) in [6.07, 6.45) is 1.75. The number of rotatable bonds is 5. The van der Waals surface area contributed by atoms with Crippen molar-refractivity contribution < 1.29 is 9.59 Å². The maximum Gasteiger partial charge on any atom is 0.254 e. The summed E-state index contributed by atoms with van der Waals surface area (Å²) in [4.78, 5) is 31.1. The lowest BCUT2D eigenvalue weighted by Gasteiger charge is -2.23. The molecule has 2 aromatic rings. The first kappa shape index (κ1) is 19.0. The third-order valence-corrected chi connectivity index (χ3v) is 4.16. The SMILES string of the molecule is CN(CC(=O)NC(C)(C)C)C(=O)c1ccc(Sc2ccccn2)cc1. The first-order chi connectivity index (χ1) is 11.7. The minimum atomic E-state index is -0.314. The number of pyridine rings is 1. The van der Waals surface area contributed by atoms with Crippen LogP contribution >= 0.6 is 11.8 Å². The van der Waals surface area contributed by atoms with E-state index in [1.54, 1.807) is 25.4 Å². The molecule has 0 unspecified atom stereocenters. The molecule has 1 N–H and O–H groups in total. The van der Waals surface area contributed by atoms with E-state index >= 15 is 0 Å². The molecule has 0 aliphatic rings. The summed E-state index contributed by atoms with van der Waals surface area (Å²) in [6, 6.07) is 13.1. The maximum absolute atomic E-state index is 12.4. The number of hydrogen-bond acceptors (Lipinski definition) is 4. The number of amides is 2. The van der Waals surface area contributed by atoms with Gasteiger partial charge >= 0.3 is 0 Å². The highest BCUT2D eigenvalue weighted by Crippen LogP contribution is 2.25. The zero-order chi connectivity index (χ0) is 18.4. The van der Waals surface area contributed by atoms with Crippen LogP contribution in [0.3, 0.4) is 0 Å². The van der Waals surface area contributed by atoms with Gasteiger partial charge in [0, 0.05) is 29.2 Å². The summed E-state index contributed by atoms with van der Waals surface area (Å²) in [6.45, 7) is 5.75. The van der Waals surface area contributed by atoms with Crippen molar-refractivity contribution in [2.24, 2.45) is 0 Å². The molecule has 0 spiro atoms. The monoisotopic (exact) mass is 357 g/mol. The van der Waals surface area contributed by atoms with Crippen LogP contribution in [0.2, 0.25) is 0 Å². The lowest BCUT2D eigenvalue weighted by Crippen LogP contribution is -2.46. The van der Waals surface area contributed by atoms with E-state index in [-0.39, 0.29) is 23.9 Å². The standard InChI is InChI=1S/C19H23N3O2S/c1-19(2,3)21-16(23)13-22(4)18(24)14-8-10-15(11-9-14)25-17-7-5-6-12-20-17/h5-12H,13H2,1-4H3,(H,21,23). The summed E-state index contributed by atoms with van der Waals surface area (Å²) < 4.78 is 0. The highest BCUT2D eigenvalue weighted by molar-refractivity contribution is 7.99. The molecular formula is C19H23N3O2S. The van der Waals surface area contributed by atoms with Gasteiger partial charge in [-0.1, -0.05) is 17.8 Å². The van der Waals surface area contributed by atoms with Gasteiger partial charge in [-0.2, -0.15) is 0 Å². The van der Waals surface area contributed by atoms with Crippen LogP contribution in [0.15, 0.2) is 58.6 Å². The van der Waals surface area contributed by atoms with Gasteiger partial charge in [0.25, 0.3) is 5.91 Å². The van der Waals surface area contributed by atoms with Crippen molar-refractivity contribution in [3.63, 3.8) is 0 Å². The number of carbonyl (C=O) groups excluding carboxylic acids is 2. The molecule has 25 heavy (non-hydrogen) atoms. The lowest BCUT2D eigenvalue weighted by atomic mass is 10.1. The molecule has 1 aromatic carbocycles. The van der Waals surface area contributed by atoms with Crippen LogP contribution < -0.4 is 5.32 Å². The summed E-state index contributed by atoms with van der Waals surface area (Å²) in [5.74, 6) is -0.357. The van der Waals surface area contributed by atoms with Crippen LogP contribution in [-0.2, 0) is 4.79 Å². The van der Waals surface area contributed by atoms with E-state index in [2.05, 4.69) is 10.3 Å². The van der Waals surface area contributed by atoms with Crippen molar-refractivity contribution in [3.05, 3.63) is 54.2 Å². The molecule has 0 saturated heterocycles. The lowest BCUT2D eigenvalue weighted by molar-refractivity contribution is -0.122. The first-order valence-corrected chi connectivity index (χ1v) is 8.82. The Morgan fingerprint density at radius 3 is 2.36 bits per heavy atom. The third kappa shape index (κ3) is 6.23. The first-order valence-electron chi connectivity index (χ1n) is 8.00. The van der Waals surface area contributed by atoms with Gasteiger partial charge in [0.1, 0.15) is 5.03 Å². The normalized spacial score (nSPS) is 11.0. The summed E-state index contributed by atoms with van der Waals surface area (Å²) >= 11 is 1.53. The predicted octanol–water partition coefficient (Wildman–Crippen LogP) is 3.22. The van der Waals surface area contributed by atoms with Gasteiger partial charge in [0.15, 0.2) is 0 Å². The highest BCUT2D eigenvalue weighted by Gasteiger charge is 2.18. The van der Waals surface area contributed by atoms with Crippen molar-refractivity contribution in [1.82, 2.24) is 15.2 Å². The molecule has 0 saturated carbocycles. The van der Waals surface area contributed by atoms with Gasteiger partial charge in [-0.3, -0.25) is 9.59 Å². The quantitative estimate of drug-likeness (QED) is 0.892. The van der Waals surface area contributed by atoms with Crippen LogP contribution in [0.4, 0.5) is 0 Å². The van der Waals surface area contributed by atoms with Crippen LogP contribution in [0.25, 0.3) is 0 Å². The summed E-state index contributed by atoms with van der Waals surface area (Å²) in [7, 11) is 1.63. The number of nitrogens with zero attached hydrogens (tertiary/aromatic N) is 2. The number of benzene rings is 1. The van der Waals surface area contributed by atoms with Crippen molar-refractivity contribution in [2.75, 3.05) is 13.6 Å². The molecule has 0 bridgehead atoms. The van der Waals surface area contributed by atoms with Crippen LogP contribution in [-0.4, -0.2) is 40.8 Å². The predicted molar refractivity (Wildman–Crippen MR) is 99.7 cm³/mol. The Hall–Kier alpha value is -2.34. The number of likely N-dealkylation sites (N-methyl/N-ethyl adjacent to an activating group) is 1. The van der Waals surface area contributed by atoms with E-state index in [0.717, 1.165) is 9.92 Å². The average molecular weight is 357 g/mol. The third-order valence-electron chi connectivity index (χ3n) is 3.20. The topological polar surface area (TPSA) is 62.3 Å². The van der Waals surface area contributed by atoms with Gasteiger partial charge in [0.05, 0.1) is 6.54 Å². The van der Waals surface area contributed by atoms with E-state index in [1.807, 2.05) is 51.1 Å². The van der Waals surface area contributed by atoms with Gasteiger partial charge in [0.2, 0.25) is 5.91 Å². The minimum Gasteiger partial charge on any atom is -0.350 e. The molecule has 1 aromatic heterocycles. The zero-order valence-corrected chi connectivity index (χ0v) is 15.8. The van der Waals surface area contributed by atoms with Gasteiger partial charge in [-0.05, 0) is 57.2 Å². The van der Waals surface area contributed by atoms with Crippen molar-refractivity contribution in [1.29, 1.82) is 0 Å². The second kappa shape index (κ2) is 8.16. The Balaban J connectivity index is 1.96. The van der Waals surface area contributed by atoms with Crippen molar-refractivity contribution >= 4 is 23.6 Å². The molecule has 0 fully saturated rings. The Labute approximate surface area is 152 Å². The fourth-order valence-electron chi connectivity index (χ4n) is 2.16. The molecular weight excluding hydrogens is 334 g/mol. The Morgan fingerprint density at radius 1 is 1.12 bits per heavy atom. The Morgan fingerprint density at radius 2 is 1.80 bits per heavy atom. The number of aromatic nitrogens is 1. The second-order valence-corrected chi connectivity index (χ2v) is 7.85. The minimum absolute atomic E-state index is 0.0283. The molecule has 2 rings (SSSR count). The fraction of sp³-hybridized carbons (Fsp3) is 0.316. The molecule has 0 radical (unpaired) electrons. The van der Waals surface area contributed by atoms with Gasteiger partial charge in [-0.15, -0.1) is 0 Å². The molecule has 1 heterocycles. The van der Waals surface area contributed by atoms with E-state index in [4.69, 9.17) is 0 Å². The highest BCUT2D eigenvalue weighted by atomic mass is 32.2. The van der Waals surface area contributed by atoms with E-state index in [9.17, 15) is 9.59 Å². The molecule has 6 heteroatoms. The average Bonchev–Trinajstić information content (AvgIpc) is 2.54. The van der Waals surface area contributed by atoms with E-state index < -0.39 is 0 Å².